The van der Waals surface area contributed by atoms with Gasteiger partial charge >= 0.3 is 5.97 Å². The van der Waals surface area contributed by atoms with E-state index in [9.17, 15) is 9.59 Å². The highest BCUT2D eigenvalue weighted by Gasteiger charge is 2.24. The fraction of sp³-hybridized carbons (Fsp3) is 0.833. The minimum Gasteiger partial charge on any atom is -0.468 e. The second kappa shape index (κ2) is 8.08. The van der Waals surface area contributed by atoms with Crippen molar-refractivity contribution in [2.75, 3.05) is 53.5 Å². The third-order valence-corrected chi connectivity index (χ3v) is 3.30. The van der Waals surface area contributed by atoms with Crippen LogP contribution in [0.25, 0.3) is 0 Å². The van der Waals surface area contributed by atoms with Gasteiger partial charge in [0.15, 0.2) is 0 Å². The van der Waals surface area contributed by atoms with Crippen molar-refractivity contribution in [2.24, 2.45) is 5.73 Å². The molecule has 7 nitrogen and oxygen atoms in total. The lowest BCUT2D eigenvalue weighted by Gasteiger charge is -2.34. The molecule has 0 aromatic rings. The first-order valence-corrected chi connectivity index (χ1v) is 6.40. The first-order chi connectivity index (χ1) is 9.10. The number of hydrogen-bond acceptors (Lipinski definition) is 6. The maximum Gasteiger partial charge on any atom is 0.319 e. The number of piperazine rings is 1. The zero-order chi connectivity index (χ0) is 14.3. The van der Waals surface area contributed by atoms with Crippen LogP contribution in [0, 0.1) is 0 Å². The van der Waals surface area contributed by atoms with Gasteiger partial charge in [0.2, 0.25) is 5.91 Å². The molecule has 1 fully saturated rings. The maximum atomic E-state index is 12.0. The highest BCUT2D eigenvalue weighted by molar-refractivity contribution is 5.77. The molecule has 0 saturated carbocycles. The van der Waals surface area contributed by atoms with E-state index in [0.717, 1.165) is 0 Å². The van der Waals surface area contributed by atoms with Crippen molar-refractivity contribution in [1.29, 1.82) is 0 Å². The summed E-state index contributed by atoms with van der Waals surface area (Å²) in [6.07, 6.45) is 0.0879. The minimum atomic E-state index is -0.248. The molecule has 1 rings (SSSR count). The number of carbonyl (C=O) groups excluding carboxylic acids is 2. The Morgan fingerprint density at radius 3 is 2.32 bits per heavy atom. The minimum absolute atomic E-state index is 0.0509. The highest BCUT2D eigenvalue weighted by Crippen LogP contribution is 2.06. The number of hydrogen-bond donors (Lipinski definition) is 1. The standard InChI is InChI=1S/C12H23N3O4/c1-18-10(8-13)7-11(16)15-5-3-14(4-6-15)9-12(17)19-2/h10H,3-9,13H2,1-2H3. The molecule has 1 amide bonds. The van der Waals surface area contributed by atoms with Crippen molar-refractivity contribution in [3.05, 3.63) is 0 Å². The molecule has 7 heteroatoms. The van der Waals surface area contributed by atoms with Gasteiger partial charge < -0.3 is 20.1 Å². The monoisotopic (exact) mass is 273 g/mol. The van der Waals surface area contributed by atoms with Crippen LogP contribution in [0.4, 0.5) is 0 Å². The van der Waals surface area contributed by atoms with Crippen molar-refractivity contribution in [1.82, 2.24) is 9.80 Å². The molecule has 110 valence electrons. The number of methoxy groups -OCH3 is 2. The van der Waals surface area contributed by atoms with Gasteiger partial charge in [0.25, 0.3) is 0 Å². The van der Waals surface area contributed by atoms with Crippen LogP contribution in [-0.2, 0) is 19.1 Å². The molecule has 0 spiro atoms. The number of nitrogens with zero attached hydrogens (tertiary/aromatic N) is 2. The van der Waals surface area contributed by atoms with Gasteiger partial charge in [0.1, 0.15) is 0 Å². The Balaban J connectivity index is 2.32. The number of ether oxygens (including phenoxy) is 2. The molecule has 2 N–H and O–H groups in total. The molecule has 1 aliphatic rings. The molecular formula is C12H23N3O4. The molecule has 0 bridgehead atoms. The van der Waals surface area contributed by atoms with Gasteiger partial charge in [-0.2, -0.15) is 0 Å². The molecule has 1 saturated heterocycles. The van der Waals surface area contributed by atoms with Crippen molar-refractivity contribution in [3.8, 4) is 0 Å². The quantitative estimate of drug-likeness (QED) is 0.603. The topological polar surface area (TPSA) is 85.1 Å². The lowest BCUT2D eigenvalue weighted by Crippen LogP contribution is -2.50. The molecule has 0 aromatic heterocycles. The third kappa shape index (κ3) is 5.14. The second-order valence-electron chi connectivity index (χ2n) is 4.53. The summed E-state index contributed by atoms with van der Waals surface area (Å²) in [7, 11) is 2.93. The summed E-state index contributed by atoms with van der Waals surface area (Å²) in [5.74, 6) is -0.197. The Hall–Kier alpha value is -1.18. The predicted octanol–water partition coefficient (Wildman–Crippen LogP) is -1.33. The summed E-state index contributed by atoms with van der Waals surface area (Å²) >= 11 is 0. The van der Waals surface area contributed by atoms with Crippen molar-refractivity contribution >= 4 is 11.9 Å². The first kappa shape index (κ1) is 15.9. The second-order valence-corrected chi connectivity index (χ2v) is 4.53. The molecular weight excluding hydrogens is 250 g/mol. The van der Waals surface area contributed by atoms with E-state index < -0.39 is 0 Å². The van der Waals surface area contributed by atoms with E-state index in [2.05, 4.69) is 4.74 Å². The summed E-state index contributed by atoms with van der Waals surface area (Å²) in [4.78, 5) is 26.9. The summed E-state index contributed by atoms with van der Waals surface area (Å²) in [6, 6.07) is 0. The zero-order valence-corrected chi connectivity index (χ0v) is 11.6. The van der Waals surface area contributed by atoms with E-state index in [-0.39, 0.29) is 24.5 Å². The van der Waals surface area contributed by atoms with Crippen LogP contribution >= 0.6 is 0 Å². The van der Waals surface area contributed by atoms with Crippen LogP contribution in [0.1, 0.15) is 6.42 Å². The Kier molecular flexibility index (Phi) is 6.75. The predicted molar refractivity (Wildman–Crippen MR) is 69.5 cm³/mol. The first-order valence-electron chi connectivity index (χ1n) is 6.40. The maximum absolute atomic E-state index is 12.0. The number of esters is 1. The van der Waals surface area contributed by atoms with Gasteiger partial charge in [-0.25, -0.2) is 0 Å². The smallest absolute Gasteiger partial charge is 0.319 e. The van der Waals surface area contributed by atoms with Crippen LogP contribution in [0.3, 0.4) is 0 Å². The van der Waals surface area contributed by atoms with Gasteiger partial charge in [-0.1, -0.05) is 0 Å². The van der Waals surface area contributed by atoms with Crippen LogP contribution in [0.15, 0.2) is 0 Å². The van der Waals surface area contributed by atoms with E-state index in [1.54, 1.807) is 12.0 Å². The van der Waals surface area contributed by atoms with Crippen LogP contribution < -0.4 is 5.73 Å². The molecule has 1 heterocycles. The fourth-order valence-corrected chi connectivity index (χ4v) is 1.99. The van der Waals surface area contributed by atoms with Gasteiger partial charge in [-0.3, -0.25) is 14.5 Å². The van der Waals surface area contributed by atoms with Crippen LogP contribution in [-0.4, -0.2) is 81.3 Å². The molecule has 0 radical (unpaired) electrons. The molecule has 1 unspecified atom stereocenters. The largest absolute Gasteiger partial charge is 0.468 e. The number of rotatable bonds is 6. The lowest BCUT2D eigenvalue weighted by molar-refractivity contribution is -0.143. The van der Waals surface area contributed by atoms with Crippen molar-refractivity contribution in [3.63, 3.8) is 0 Å². The van der Waals surface area contributed by atoms with Crippen molar-refractivity contribution in [2.45, 2.75) is 12.5 Å². The molecule has 19 heavy (non-hydrogen) atoms. The molecule has 1 aliphatic heterocycles. The number of amides is 1. The molecule has 1 atom stereocenters. The van der Waals surface area contributed by atoms with E-state index in [0.29, 0.717) is 39.1 Å². The number of nitrogens with two attached hydrogens (primary N) is 1. The third-order valence-electron chi connectivity index (χ3n) is 3.30. The summed E-state index contributed by atoms with van der Waals surface area (Å²) in [5, 5.41) is 0. The molecule has 0 aliphatic carbocycles. The Morgan fingerprint density at radius 2 is 1.84 bits per heavy atom. The average molecular weight is 273 g/mol. The van der Waals surface area contributed by atoms with Gasteiger partial charge in [-0.15, -0.1) is 0 Å². The van der Waals surface area contributed by atoms with E-state index in [4.69, 9.17) is 10.5 Å². The lowest BCUT2D eigenvalue weighted by atomic mass is 10.2. The summed E-state index contributed by atoms with van der Waals surface area (Å²) in [5.41, 5.74) is 5.50. The summed E-state index contributed by atoms with van der Waals surface area (Å²) < 4.78 is 9.72. The zero-order valence-electron chi connectivity index (χ0n) is 11.6. The summed E-state index contributed by atoms with van der Waals surface area (Å²) in [6.45, 7) is 3.22. The fourth-order valence-electron chi connectivity index (χ4n) is 1.99. The Bertz CT molecular complexity index is 299. The van der Waals surface area contributed by atoms with Gasteiger partial charge in [0, 0.05) is 39.8 Å². The van der Waals surface area contributed by atoms with Crippen molar-refractivity contribution < 1.29 is 19.1 Å². The van der Waals surface area contributed by atoms with E-state index >= 15 is 0 Å². The van der Waals surface area contributed by atoms with Gasteiger partial charge in [-0.05, 0) is 0 Å². The average Bonchev–Trinajstić information content (AvgIpc) is 2.45. The van der Waals surface area contributed by atoms with Crippen LogP contribution in [0.5, 0.6) is 0 Å². The van der Waals surface area contributed by atoms with E-state index in [1.165, 1.54) is 7.11 Å². The van der Waals surface area contributed by atoms with E-state index in [1.807, 2.05) is 4.90 Å². The molecule has 0 aromatic carbocycles. The Morgan fingerprint density at radius 1 is 1.21 bits per heavy atom. The number of carbonyl (C=O) groups is 2. The Labute approximate surface area is 113 Å². The SMILES string of the molecule is COC(=O)CN1CCN(C(=O)CC(CN)OC)CC1. The highest BCUT2D eigenvalue weighted by atomic mass is 16.5. The van der Waals surface area contributed by atoms with Gasteiger partial charge in [0.05, 0.1) is 26.2 Å². The van der Waals surface area contributed by atoms with Crippen LogP contribution in [0.2, 0.25) is 0 Å². The normalized spacial score (nSPS) is 18.2.